The molecular weight excluding hydrogens is 290 g/mol. The molecule has 4 nitrogen and oxygen atoms in total. The molecule has 1 fully saturated rings. The van der Waals surface area contributed by atoms with E-state index in [1.54, 1.807) is 24.3 Å². The third-order valence-corrected chi connectivity index (χ3v) is 4.02. The Morgan fingerprint density at radius 2 is 1.22 bits per heavy atom. The lowest BCUT2D eigenvalue weighted by molar-refractivity contribution is 0.0187. The van der Waals surface area contributed by atoms with Crippen molar-refractivity contribution in [2.75, 3.05) is 26.3 Å². The zero-order chi connectivity index (χ0) is 16.1. The lowest BCUT2D eigenvalue weighted by Crippen LogP contribution is -2.51. The maximum Gasteiger partial charge on any atom is 0.187 e. The fourth-order valence-corrected chi connectivity index (χ4v) is 2.81. The average molecular weight is 309 g/mol. The number of benzene rings is 2. The van der Waals surface area contributed by atoms with Crippen LogP contribution >= 0.6 is 0 Å². The highest BCUT2D eigenvalue weighted by molar-refractivity contribution is 6.19. The zero-order valence-corrected chi connectivity index (χ0v) is 12.9. The molecule has 1 heterocycles. The van der Waals surface area contributed by atoms with Crippen LogP contribution in [-0.4, -0.2) is 48.8 Å². The van der Waals surface area contributed by atoms with Crippen molar-refractivity contribution < 1.29 is 14.3 Å². The van der Waals surface area contributed by atoms with Crippen LogP contribution in [0.15, 0.2) is 60.7 Å². The average Bonchev–Trinajstić information content (AvgIpc) is 2.64. The highest BCUT2D eigenvalue weighted by Crippen LogP contribution is 2.16. The molecule has 3 rings (SSSR count). The molecule has 23 heavy (non-hydrogen) atoms. The van der Waals surface area contributed by atoms with Gasteiger partial charge in [0, 0.05) is 24.2 Å². The van der Waals surface area contributed by atoms with Gasteiger partial charge in [0.05, 0.1) is 13.2 Å². The van der Waals surface area contributed by atoms with Crippen molar-refractivity contribution in [1.82, 2.24) is 4.90 Å². The Morgan fingerprint density at radius 3 is 1.65 bits per heavy atom. The van der Waals surface area contributed by atoms with Crippen LogP contribution in [-0.2, 0) is 4.74 Å². The number of nitrogens with zero attached hydrogens (tertiary/aromatic N) is 1. The molecule has 0 bridgehead atoms. The monoisotopic (exact) mass is 309 g/mol. The molecule has 4 heteroatoms. The number of hydrogen-bond donors (Lipinski definition) is 0. The van der Waals surface area contributed by atoms with Gasteiger partial charge in [0.25, 0.3) is 0 Å². The second-order valence-electron chi connectivity index (χ2n) is 5.51. The third kappa shape index (κ3) is 3.55. The number of carbonyl (C=O) groups is 2. The van der Waals surface area contributed by atoms with Gasteiger partial charge >= 0.3 is 0 Å². The van der Waals surface area contributed by atoms with E-state index in [1.807, 2.05) is 41.3 Å². The fourth-order valence-electron chi connectivity index (χ4n) is 2.81. The number of rotatable bonds is 5. The van der Waals surface area contributed by atoms with E-state index < -0.39 is 6.04 Å². The molecule has 0 amide bonds. The molecule has 0 aliphatic carbocycles. The Balaban J connectivity index is 1.93. The van der Waals surface area contributed by atoms with E-state index in [1.165, 1.54) is 0 Å². The van der Waals surface area contributed by atoms with Gasteiger partial charge in [0.15, 0.2) is 11.6 Å². The maximum absolute atomic E-state index is 13.0. The van der Waals surface area contributed by atoms with E-state index in [9.17, 15) is 9.59 Å². The van der Waals surface area contributed by atoms with Crippen LogP contribution in [0.25, 0.3) is 0 Å². The molecule has 0 N–H and O–H groups in total. The molecular formula is C19H19NO3. The minimum absolute atomic E-state index is 0.152. The molecule has 1 saturated heterocycles. The summed E-state index contributed by atoms with van der Waals surface area (Å²) in [6, 6.07) is 17.2. The first-order valence-corrected chi connectivity index (χ1v) is 7.77. The predicted molar refractivity (Wildman–Crippen MR) is 87.7 cm³/mol. The van der Waals surface area contributed by atoms with Gasteiger partial charge < -0.3 is 4.74 Å². The van der Waals surface area contributed by atoms with Crippen molar-refractivity contribution >= 4 is 11.6 Å². The van der Waals surface area contributed by atoms with Gasteiger partial charge in [-0.15, -0.1) is 0 Å². The van der Waals surface area contributed by atoms with Crippen LogP contribution in [0.3, 0.4) is 0 Å². The van der Waals surface area contributed by atoms with Crippen molar-refractivity contribution in [2.24, 2.45) is 0 Å². The molecule has 2 aromatic rings. The molecule has 0 saturated carbocycles. The Bertz CT molecular complexity index is 612. The van der Waals surface area contributed by atoms with Crippen LogP contribution in [0.2, 0.25) is 0 Å². The minimum atomic E-state index is -0.788. The van der Waals surface area contributed by atoms with E-state index in [2.05, 4.69) is 0 Å². The van der Waals surface area contributed by atoms with Gasteiger partial charge in [-0.2, -0.15) is 0 Å². The Morgan fingerprint density at radius 1 is 0.783 bits per heavy atom. The molecule has 0 aromatic heterocycles. The summed E-state index contributed by atoms with van der Waals surface area (Å²) in [7, 11) is 0. The van der Waals surface area contributed by atoms with Crippen LogP contribution < -0.4 is 0 Å². The van der Waals surface area contributed by atoms with Gasteiger partial charge in [-0.25, -0.2) is 0 Å². The van der Waals surface area contributed by atoms with Crippen LogP contribution in [0, 0.1) is 0 Å². The Kier molecular flexibility index (Phi) is 4.95. The van der Waals surface area contributed by atoms with Crippen LogP contribution in [0.5, 0.6) is 0 Å². The molecule has 0 unspecified atom stereocenters. The van der Waals surface area contributed by atoms with Crippen molar-refractivity contribution in [3.8, 4) is 0 Å². The van der Waals surface area contributed by atoms with E-state index >= 15 is 0 Å². The summed E-state index contributed by atoms with van der Waals surface area (Å²) in [6.45, 7) is 2.25. The number of morpholine rings is 1. The van der Waals surface area contributed by atoms with Crippen molar-refractivity contribution in [3.63, 3.8) is 0 Å². The Labute approximate surface area is 135 Å². The lowest BCUT2D eigenvalue weighted by Gasteiger charge is -2.32. The molecule has 1 aliphatic heterocycles. The summed E-state index contributed by atoms with van der Waals surface area (Å²) in [4.78, 5) is 27.8. The molecule has 2 aromatic carbocycles. The quantitative estimate of drug-likeness (QED) is 0.629. The molecule has 0 spiro atoms. The summed E-state index contributed by atoms with van der Waals surface area (Å²) in [5.74, 6) is -0.303. The molecule has 0 atom stereocenters. The number of Topliss-reactive ketones (excluding diaryl/α,β-unsaturated/α-hetero) is 2. The highest BCUT2D eigenvalue weighted by atomic mass is 16.5. The molecule has 1 aliphatic rings. The minimum Gasteiger partial charge on any atom is -0.379 e. The van der Waals surface area contributed by atoms with Gasteiger partial charge in [-0.05, 0) is 0 Å². The van der Waals surface area contributed by atoms with E-state index in [0.29, 0.717) is 37.4 Å². The summed E-state index contributed by atoms with van der Waals surface area (Å²) >= 11 is 0. The van der Waals surface area contributed by atoms with Gasteiger partial charge in [0.2, 0.25) is 0 Å². The summed E-state index contributed by atoms with van der Waals surface area (Å²) in [5.41, 5.74) is 1.13. The number of carbonyl (C=O) groups excluding carboxylic acids is 2. The lowest BCUT2D eigenvalue weighted by atomic mass is 9.94. The molecule has 0 radical (unpaired) electrons. The maximum atomic E-state index is 13.0. The number of hydrogen-bond acceptors (Lipinski definition) is 4. The van der Waals surface area contributed by atoms with Gasteiger partial charge in [-0.1, -0.05) is 60.7 Å². The Hall–Kier alpha value is -2.30. The summed E-state index contributed by atoms with van der Waals surface area (Å²) in [6.07, 6.45) is 0. The summed E-state index contributed by atoms with van der Waals surface area (Å²) < 4.78 is 5.36. The third-order valence-electron chi connectivity index (χ3n) is 4.02. The van der Waals surface area contributed by atoms with Gasteiger partial charge in [-0.3, -0.25) is 14.5 Å². The largest absolute Gasteiger partial charge is 0.379 e. The van der Waals surface area contributed by atoms with E-state index in [0.717, 1.165) is 0 Å². The highest BCUT2D eigenvalue weighted by Gasteiger charge is 2.34. The SMILES string of the molecule is O=C(c1ccccc1)C(C(=O)c1ccccc1)N1CCOCC1. The van der Waals surface area contributed by atoms with Crippen molar-refractivity contribution in [1.29, 1.82) is 0 Å². The van der Waals surface area contributed by atoms with E-state index in [-0.39, 0.29) is 11.6 Å². The van der Waals surface area contributed by atoms with Crippen LogP contribution in [0.4, 0.5) is 0 Å². The second-order valence-corrected chi connectivity index (χ2v) is 5.51. The first kappa shape index (κ1) is 15.6. The predicted octanol–water partition coefficient (Wildman–Crippen LogP) is 2.45. The first-order chi connectivity index (χ1) is 11.3. The smallest absolute Gasteiger partial charge is 0.187 e. The van der Waals surface area contributed by atoms with Gasteiger partial charge in [0.1, 0.15) is 6.04 Å². The normalized spacial score (nSPS) is 15.5. The zero-order valence-electron chi connectivity index (χ0n) is 12.9. The van der Waals surface area contributed by atoms with E-state index in [4.69, 9.17) is 4.74 Å². The fraction of sp³-hybridized carbons (Fsp3) is 0.263. The van der Waals surface area contributed by atoms with Crippen molar-refractivity contribution in [2.45, 2.75) is 6.04 Å². The second kappa shape index (κ2) is 7.31. The summed E-state index contributed by atoms with van der Waals surface area (Å²) in [5, 5.41) is 0. The van der Waals surface area contributed by atoms with Crippen LogP contribution in [0.1, 0.15) is 20.7 Å². The topological polar surface area (TPSA) is 46.6 Å². The number of ketones is 2. The van der Waals surface area contributed by atoms with Crippen molar-refractivity contribution in [3.05, 3.63) is 71.8 Å². The molecule has 118 valence electrons. The standard InChI is InChI=1S/C19H19NO3/c21-18(15-7-3-1-4-8-15)17(20-11-13-23-14-12-20)19(22)16-9-5-2-6-10-16/h1-10,17H,11-14H2. The first-order valence-electron chi connectivity index (χ1n) is 7.77. The number of ether oxygens (including phenoxy) is 1.